The molecular formula is C18H20ClNO2S. The summed E-state index contributed by atoms with van der Waals surface area (Å²) in [6, 6.07) is 14.6. The Balaban J connectivity index is 1.82. The lowest BCUT2D eigenvalue weighted by atomic mass is 10.1. The molecule has 0 aliphatic rings. The van der Waals surface area contributed by atoms with Crippen LogP contribution in [0.1, 0.15) is 29.8 Å². The van der Waals surface area contributed by atoms with Gasteiger partial charge in [0, 0.05) is 17.1 Å². The highest BCUT2D eigenvalue weighted by Crippen LogP contribution is 2.21. The number of hydrogen-bond donors (Lipinski definition) is 2. The summed E-state index contributed by atoms with van der Waals surface area (Å²) < 4.78 is 5.65. The first-order valence-electron chi connectivity index (χ1n) is 7.37. The van der Waals surface area contributed by atoms with Crippen molar-refractivity contribution in [2.75, 3.05) is 6.54 Å². The quantitative estimate of drug-likeness (QED) is 0.600. The third-order valence-corrected chi connectivity index (χ3v) is 3.44. The average Bonchev–Trinajstić information content (AvgIpc) is 2.48. The summed E-state index contributed by atoms with van der Waals surface area (Å²) in [5.74, 6) is 0.678. The number of rotatable bonds is 6. The van der Waals surface area contributed by atoms with E-state index in [1.54, 1.807) is 24.3 Å². The number of carbonyl (C=O) groups is 1. The van der Waals surface area contributed by atoms with Crippen LogP contribution < -0.4 is 10.1 Å². The van der Waals surface area contributed by atoms with Crippen molar-refractivity contribution in [1.82, 2.24) is 5.32 Å². The SMILES string of the molecule is CC(C)(S)Oc1ccc(CCNC(=O)c2ccc(Cl)cc2)cc1. The first-order valence-corrected chi connectivity index (χ1v) is 8.20. The van der Waals surface area contributed by atoms with E-state index < -0.39 is 4.93 Å². The molecule has 0 spiro atoms. The van der Waals surface area contributed by atoms with E-state index in [2.05, 4.69) is 17.9 Å². The molecule has 3 nitrogen and oxygen atoms in total. The van der Waals surface area contributed by atoms with Gasteiger partial charge < -0.3 is 10.1 Å². The van der Waals surface area contributed by atoms with Gasteiger partial charge in [-0.05, 0) is 62.2 Å². The largest absolute Gasteiger partial charge is 0.477 e. The minimum atomic E-state index is -0.506. The zero-order chi connectivity index (χ0) is 16.9. The van der Waals surface area contributed by atoms with E-state index >= 15 is 0 Å². The summed E-state index contributed by atoms with van der Waals surface area (Å²) in [6.45, 7) is 4.34. The first kappa shape index (κ1) is 17.7. The number of carbonyl (C=O) groups excluding carboxylic acids is 1. The molecule has 122 valence electrons. The normalized spacial score (nSPS) is 11.1. The Morgan fingerprint density at radius 1 is 1.13 bits per heavy atom. The van der Waals surface area contributed by atoms with Gasteiger partial charge in [0.15, 0.2) is 0 Å². The van der Waals surface area contributed by atoms with Gasteiger partial charge in [-0.25, -0.2) is 0 Å². The van der Waals surface area contributed by atoms with Crippen LogP contribution in [0, 0.1) is 0 Å². The van der Waals surface area contributed by atoms with E-state index in [0.717, 1.165) is 17.7 Å². The summed E-state index contributed by atoms with van der Waals surface area (Å²) in [6.07, 6.45) is 0.754. The maximum Gasteiger partial charge on any atom is 0.251 e. The van der Waals surface area contributed by atoms with Gasteiger partial charge in [-0.2, -0.15) is 0 Å². The number of ether oxygens (including phenoxy) is 1. The lowest BCUT2D eigenvalue weighted by molar-refractivity contribution is 0.0954. The molecule has 0 radical (unpaired) electrons. The fourth-order valence-corrected chi connectivity index (χ4v) is 2.27. The monoisotopic (exact) mass is 349 g/mol. The zero-order valence-corrected chi connectivity index (χ0v) is 14.8. The van der Waals surface area contributed by atoms with E-state index in [4.69, 9.17) is 16.3 Å². The Bertz CT molecular complexity index is 648. The van der Waals surface area contributed by atoms with Gasteiger partial charge >= 0.3 is 0 Å². The molecule has 0 fully saturated rings. The predicted molar refractivity (Wildman–Crippen MR) is 97.6 cm³/mol. The van der Waals surface area contributed by atoms with Crippen LogP contribution in [-0.2, 0) is 6.42 Å². The maximum absolute atomic E-state index is 12.0. The fraction of sp³-hybridized carbons (Fsp3) is 0.278. The molecule has 2 aromatic carbocycles. The van der Waals surface area contributed by atoms with Crippen molar-refractivity contribution in [3.8, 4) is 5.75 Å². The van der Waals surface area contributed by atoms with E-state index in [0.29, 0.717) is 17.1 Å². The number of nitrogens with one attached hydrogen (secondary N) is 1. The van der Waals surface area contributed by atoms with Crippen molar-refractivity contribution in [1.29, 1.82) is 0 Å². The van der Waals surface area contributed by atoms with E-state index in [1.807, 2.05) is 38.1 Å². The lowest BCUT2D eigenvalue weighted by Gasteiger charge is -2.20. The van der Waals surface area contributed by atoms with Gasteiger partial charge in [0.2, 0.25) is 0 Å². The van der Waals surface area contributed by atoms with E-state index in [-0.39, 0.29) is 5.91 Å². The van der Waals surface area contributed by atoms with Gasteiger partial charge in [-0.3, -0.25) is 4.79 Å². The zero-order valence-electron chi connectivity index (χ0n) is 13.2. The van der Waals surface area contributed by atoms with Gasteiger partial charge in [-0.15, -0.1) is 12.6 Å². The Kier molecular flexibility index (Phi) is 5.97. The molecule has 0 atom stereocenters. The smallest absolute Gasteiger partial charge is 0.251 e. The van der Waals surface area contributed by atoms with Crippen LogP contribution in [0.5, 0.6) is 5.75 Å². The average molecular weight is 350 g/mol. The molecule has 5 heteroatoms. The Hall–Kier alpha value is -1.65. The maximum atomic E-state index is 12.0. The van der Waals surface area contributed by atoms with Crippen LogP contribution in [0.2, 0.25) is 5.02 Å². The second-order valence-corrected chi connectivity index (χ2v) is 7.22. The molecular weight excluding hydrogens is 330 g/mol. The molecule has 0 aromatic heterocycles. The summed E-state index contributed by atoms with van der Waals surface area (Å²) in [4.78, 5) is 11.5. The van der Waals surface area contributed by atoms with E-state index in [1.165, 1.54) is 0 Å². The highest BCUT2D eigenvalue weighted by Gasteiger charge is 2.12. The van der Waals surface area contributed by atoms with Crippen molar-refractivity contribution in [2.45, 2.75) is 25.2 Å². The minimum Gasteiger partial charge on any atom is -0.477 e. The standard InChI is InChI=1S/C18H20ClNO2S/c1-18(2,23)22-16-9-3-13(4-10-16)11-12-20-17(21)14-5-7-15(19)8-6-14/h3-10,23H,11-12H2,1-2H3,(H,20,21). The Morgan fingerprint density at radius 3 is 2.30 bits per heavy atom. The summed E-state index contributed by atoms with van der Waals surface area (Å²) >= 11 is 10.1. The van der Waals surface area contributed by atoms with Crippen LogP contribution in [0.3, 0.4) is 0 Å². The first-order chi connectivity index (χ1) is 10.8. The summed E-state index contributed by atoms with van der Waals surface area (Å²) in [5.41, 5.74) is 1.74. The number of amides is 1. The number of benzene rings is 2. The third-order valence-electron chi connectivity index (χ3n) is 3.10. The second-order valence-electron chi connectivity index (χ2n) is 5.71. The van der Waals surface area contributed by atoms with Crippen LogP contribution in [0.4, 0.5) is 0 Å². The van der Waals surface area contributed by atoms with Gasteiger partial charge in [-0.1, -0.05) is 23.7 Å². The molecule has 0 aliphatic carbocycles. The van der Waals surface area contributed by atoms with Crippen molar-refractivity contribution < 1.29 is 9.53 Å². The Labute approximate surface area is 147 Å². The molecule has 0 saturated heterocycles. The Morgan fingerprint density at radius 2 is 1.74 bits per heavy atom. The molecule has 0 unspecified atom stereocenters. The van der Waals surface area contributed by atoms with Crippen molar-refractivity contribution in [2.24, 2.45) is 0 Å². The van der Waals surface area contributed by atoms with Crippen LogP contribution in [0.15, 0.2) is 48.5 Å². The third kappa shape index (κ3) is 6.16. The predicted octanol–water partition coefficient (Wildman–Crippen LogP) is 4.36. The summed E-state index contributed by atoms with van der Waals surface area (Å²) in [7, 11) is 0. The topological polar surface area (TPSA) is 38.3 Å². The molecule has 1 amide bonds. The van der Waals surface area contributed by atoms with Crippen molar-refractivity contribution >= 4 is 30.1 Å². The molecule has 23 heavy (non-hydrogen) atoms. The highest BCUT2D eigenvalue weighted by molar-refractivity contribution is 7.81. The molecule has 2 rings (SSSR count). The molecule has 1 N–H and O–H groups in total. The number of thiol groups is 1. The van der Waals surface area contributed by atoms with Crippen molar-refractivity contribution in [3.63, 3.8) is 0 Å². The van der Waals surface area contributed by atoms with Crippen LogP contribution >= 0.6 is 24.2 Å². The van der Waals surface area contributed by atoms with Gasteiger partial charge in [0.25, 0.3) is 5.91 Å². The molecule has 0 saturated carbocycles. The van der Waals surface area contributed by atoms with Crippen LogP contribution in [0.25, 0.3) is 0 Å². The lowest BCUT2D eigenvalue weighted by Crippen LogP contribution is -2.25. The summed E-state index contributed by atoms with van der Waals surface area (Å²) in [5, 5.41) is 3.51. The van der Waals surface area contributed by atoms with Gasteiger partial charge in [0.1, 0.15) is 10.7 Å². The fourth-order valence-electron chi connectivity index (χ4n) is 2.04. The van der Waals surface area contributed by atoms with Crippen LogP contribution in [-0.4, -0.2) is 17.4 Å². The number of hydrogen-bond acceptors (Lipinski definition) is 3. The molecule has 0 bridgehead atoms. The van der Waals surface area contributed by atoms with Gasteiger partial charge in [0.05, 0.1) is 0 Å². The molecule has 0 heterocycles. The second kappa shape index (κ2) is 7.75. The minimum absolute atomic E-state index is 0.0987. The highest BCUT2D eigenvalue weighted by atomic mass is 35.5. The number of halogens is 1. The molecule has 2 aromatic rings. The van der Waals surface area contributed by atoms with Crippen molar-refractivity contribution in [3.05, 3.63) is 64.7 Å². The van der Waals surface area contributed by atoms with E-state index in [9.17, 15) is 4.79 Å². The molecule has 0 aliphatic heterocycles.